The molecule has 2 atom stereocenters. The van der Waals surface area contributed by atoms with Gasteiger partial charge in [-0.3, -0.25) is 4.79 Å². The zero-order valence-corrected chi connectivity index (χ0v) is 15.7. The van der Waals surface area contributed by atoms with E-state index in [0.29, 0.717) is 30.6 Å². The van der Waals surface area contributed by atoms with E-state index in [1.165, 1.54) is 12.1 Å². The highest BCUT2D eigenvalue weighted by atomic mass is 79.9. The van der Waals surface area contributed by atoms with Crippen LogP contribution in [0, 0.1) is 11.6 Å². The maximum atomic E-state index is 13.5. The second-order valence-electron chi connectivity index (χ2n) is 6.60. The molecule has 0 radical (unpaired) electrons. The number of anilines is 1. The molecule has 5 N–H and O–H groups in total. The van der Waals surface area contributed by atoms with Crippen LogP contribution in [0.25, 0.3) is 0 Å². The van der Waals surface area contributed by atoms with Crippen molar-refractivity contribution in [2.45, 2.75) is 37.8 Å². The van der Waals surface area contributed by atoms with Crippen LogP contribution in [-0.4, -0.2) is 11.9 Å². The zero-order valence-electron chi connectivity index (χ0n) is 14.1. The molecule has 0 saturated heterocycles. The van der Waals surface area contributed by atoms with E-state index in [0.717, 1.165) is 15.6 Å². The minimum Gasteiger partial charge on any atom is -0.398 e. The summed E-state index contributed by atoms with van der Waals surface area (Å²) in [6.07, 6.45) is 1.43. The Balaban J connectivity index is 1.61. The summed E-state index contributed by atoms with van der Waals surface area (Å²) < 4.78 is 27.8. The highest BCUT2D eigenvalue weighted by molar-refractivity contribution is 9.10. The zero-order chi connectivity index (χ0) is 18.8. The number of nitrogen functional groups attached to an aromatic ring is 1. The molecule has 1 amide bonds. The summed E-state index contributed by atoms with van der Waals surface area (Å²) in [5.41, 5.74) is 15.0. The fourth-order valence-corrected chi connectivity index (χ4v) is 3.83. The van der Waals surface area contributed by atoms with Gasteiger partial charge in [0.1, 0.15) is 0 Å². The Morgan fingerprint density at radius 3 is 2.77 bits per heavy atom. The summed E-state index contributed by atoms with van der Waals surface area (Å²) in [7, 11) is 0. The predicted octanol–water partition coefficient (Wildman–Crippen LogP) is 3.37. The number of aryl methyl sites for hydroxylation is 1. The lowest BCUT2D eigenvalue weighted by atomic mass is 9.91. The summed E-state index contributed by atoms with van der Waals surface area (Å²) >= 11 is 3.37. The first-order chi connectivity index (χ1) is 12.3. The van der Waals surface area contributed by atoms with Crippen molar-refractivity contribution in [3.63, 3.8) is 0 Å². The molecule has 0 heterocycles. The molecule has 2 unspecified atom stereocenters. The molecule has 7 heteroatoms. The van der Waals surface area contributed by atoms with E-state index in [-0.39, 0.29) is 18.2 Å². The van der Waals surface area contributed by atoms with Gasteiger partial charge in [-0.05, 0) is 59.9 Å². The van der Waals surface area contributed by atoms with Gasteiger partial charge in [0.05, 0.1) is 0 Å². The molecule has 4 nitrogen and oxygen atoms in total. The number of nitrogens with two attached hydrogens (primary N) is 2. The first kappa shape index (κ1) is 18.8. The Morgan fingerprint density at radius 2 is 2.00 bits per heavy atom. The lowest BCUT2D eigenvalue weighted by molar-refractivity contribution is -0.121. The van der Waals surface area contributed by atoms with Gasteiger partial charge in [-0.1, -0.05) is 15.9 Å². The first-order valence-corrected chi connectivity index (χ1v) is 9.18. The van der Waals surface area contributed by atoms with Gasteiger partial charge in [0, 0.05) is 35.1 Å². The maximum Gasteiger partial charge on any atom is 0.221 e. The van der Waals surface area contributed by atoms with E-state index in [1.807, 2.05) is 12.1 Å². The molecule has 138 valence electrons. The average molecular weight is 424 g/mol. The SMILES string of the molecule is Nc1ccc(Br)cc1CNC(=O)CC(N)C1CCc2cc(F)c(F)cc21. The summed E-state index contributed by atoms with van der Waals surface area (Å²) in [5.74, 6) is -2.07. The lowest BCUT2D eigenvalue weighted by Gasteiger charge is -2.20. The maximum absolute atomic E-state index is 13.5. The number of carbonyl (C=O) groups excluding carboxylic acids is 1. The number of carbonyl (C=O) groups is 1. The largest absolute Gasteiger partial charge is 0.398 e. The summed E-state index contributed by atoms with van der Waals surface area (Å²) in [6, 6.07) is 7.42. The van der Waals surface area contributed by atoms with E-state index in [4.69, 9.17) is 11.5 Å². The molecule has 1 aliphatic carbocycles. The third kappa shape index (κ3) is 4.04. The van der Waals surface area contributed by atoms with Gasteiger partial charge in [-0.2, -0.15) is 0 Å². The lowest BCUT2D eigenvalue weighted by Crippen LogP contribution is -2.35. The summed E-state index contributed by atoms with van der Waals surface area (Å²) in [6.45, 7) is 0.303. The number of fused-ring (bicyclic) bond motifs is 1. The normalized spacial score (nSPS) is 17.0. The fourth-order valence-electron chi connectivity index (χ4n) is 3.43. The van der Waals surface area contributed by atoms with E-state index >= 15 is 0 Å². The van der Waals surface area contributed by atoms with Crippen LogP contribution < -0.4 is 16.8 Å². The van der Waals surface area contributed by atoms with Gasteiger partial charge in [0.25, 0.3) is 0 Å². The van der Waals surface area contributed by atoms with Crippen LogP contribution in [0.4, 0.5) is 14.5 Å². The van der Waals surface area contributed by atoms with Crippen LogP contribution in [0.1, 0.15) is 35.4 Å². The second-order valence-corrected chi connectivity index (χ2v) is 7.51. The number of amides is 1. The van der Waals surface area contributed by atoms with Gasteiger partial charge in [0.15, 0.2) is 11.6 Å². The molecule has 0 aliphatic heterocycles. The molecular weight excluding hydrogens is 404 g/mol. The van der Waals surface area contributed by atoms with E-state index < -0.39 is 17.7 Å². The van der Waals surface area contributed by atoms with Crippen molar-refractivity contribution in [3.05, 3.63) is 63.1 Å². The van der Waals surface area contributed by atoms with Crippen molar-refractivity contribution < 1.29 is 13.6 Å². The molecular formula is C19H20BrF2N3O. The smallest absolute Gasteiger partial charge is 0.221 e. The molecule has 0 aromatic heterocycles. The minimum absolute atomic E-state index is 0.108. The summed E-state index contributed by atoms with van der Waals surface area (Å²) in [5, 5.41) is 2.81. The number of hydrogen-bond acceptors (Lipinski definition) is 3. The van der Waals surface area contributed by atoms with Crippen LogP contribution in [0.15, 0.2) is 34.8 Å². The fraction of sp³-hybridized carbons (Fsp3) is 0.316. The van der Waals surface area contributed by atoms with Crippen molar-refractivity contribution in [1.29, 1.82) is 0 Å². The summed E-state index contributed by atoms with van der Waals surface area (Å²) in [4.78, 5) is 12.2. The minimum atomic E-state index is -0.877. The third-order valence-corrected chi connectivity index (χ3v) is 5.32. The number of rotatable bonds is 5. The Morgan fingerprint density at radius 1 is 1.27 bits per heavy atom. The van der Waals surface area contributed by atoms with E-state index in [2.05, 4.69) is 21.2 Å². The molecule has 0 saturated carbocycles. The molecule has 3 rings (SSSR count). The highest BCUT2D eigenvalue weighted by Crippen LogP contribution is 2.36. The van der Waals surface area contributed by atoms with Gasteiger partial charge in [0.2, 0.25) is 5.91 Å². The van der Waals surface area contributed by atoms with Crippen molar-refractivity contribution in [2.24, 2.45) is 5.73 Å². The highest BCUT2D eigenvalue weighted by Gasteiger charge is 2.30. The van der Waals surface area contributed by atoms with Crippen LogP contribution in [0.2, 0.25) is 0 Å². The molecule has 1 aliphatic rings. The van der Waals surface area contributed by atoms with E-state index in [9.17, 15) is 13.6 Å². The average Bonchev–Trinajstić information content (AvgIpc) is 2.99. The Hall–Kier alpha value is -1.99. The Kier molecular flexibility index (Phi) is 5.58. The molecule has 0 fully saturated rings. The van der Waals surface area contributed by atoms with Crippen LogP contribution >= 0.6 is 15.9 Å². The van der Waals surface area contributed by atoms with Crippen molar-refractivity contribution in [3.8, 4) is 0 Å². The standard InChI is InChI=1S/C19H20BrF2N3O/c20-12-2-4-17(23)11(5-12)9-25-19(26)8-18(24)13-3-1-10-6-15(21)16(22)7-14(10)13/h2,4-7,13,18H,1,3,8-9,23-24H2,(H,25,26). The van der Waals surface area contributed by atoms with Gasteiger partial charge in [-0.15, -0.1) is 0 Å². The van der Waals surface area contributed by atoms with Gasteiger partial charge in [-0.25, -0.2) is 8.78 Å². The topological polar surface area (TPSA) is 81.1 Å². The first-order valence-electron chi connectivity index (χ1n) is 8.39. The van der Waals surface area contributed by atoms with Crippen molar-refractivity contribution in [2.75, 3.05) is 5.73 Å². The number of benzene rings is 2. The third-order valence-electron chi connectivity index (χ3n) is 4.83. The van der Waals surface area contributed by atoms with Crippen LogP contribution in [0.5, 0.6) is 0 Å². The second kappa shape index (κ2) is 7.72. The molecule has 0 bridgehead atoms. The monoisotopic (exact) mass is 423 g/mol. The Bertz CT molecular complexity index is 844. The van der Waals surface area contributed by atoms with E-state index in [1.54, 1.807) is 6.07 Å². The molecule has 0 spiro atoms. The van der Waals surface area contributed by atoms with Gasteiger partial charge < -0.3 is 16.8 Å². The molecule has 2 aromatic carbocycles. The van der Waals surface area contributed by atoms with Gasteiger partial charge >= 0.3 is 0 Å². The predicted molar refractivity (Wildman–Crippen MR) is 100 cm³/mol. The molecule has 2 aromatic rings. The Labute approximate surface area is 159 Å². The number of halogens is 3. The van der Waals surface area contributed by atoms with Crippen molar-refractivity contribution in [1.82, 2.24) is 5.32 Å². The molecule has 26 heavy (non-hydrogen) atoms. The van der Waals surface area contributed by atoms with Crippen molar-refractivity contribution >= 4 is 27.5 Å². The number of hydrogen-bond donors (Lipinski definition) is 3. The quantitative estimate of drug-likeness (QED) is 0.644. The van der Waals surface area contributed by atoms with Crippen LogP contribution in [-0.2, 0) is 17.8 Å². The van der Waals surface area contributed by atoms with Crippen LogP contribution in [0.3, 0.4) is 0 Å². The number of nitrogens with one attached hydrogen (secondary N) is 1.